The molecular formula is C15H21ClFN. The van der Waals surface area contributed by atoms with E-state index in [-0.39, 0.29) is 10.8 Å². The van der Waals surface area contributed by atoms with E-state index < -0.39 is 0 Å². The van der Waals surface area contributed by atoms with Gasteiger partial charge in [-0.05, 0) is 49.8 Å². The van der Waals surface area contributed by atoms with Gasteiger partial charge < -0.3 is 5.32 Å². The van der Waals surface area contributed by atoms with Gasteiger partial charge in [-0.1, -0.05) is 37.1 Å². The van der Waals surface area contributed by atoms with Crippen LogP contribution in [0.25, 0.3) is 0 Å². The Labute approximate surface area is 114 Å². The van der Waals surface area contributed by atoms with E-state index in [1.165, 1.54) is 12.8 Å². The molecule has 1 aliphatic rings. The summed E-state index contributed by atoms with van der Waals surface area (Å²) in [5, 5.41) is 3.77. The van der Waals surface area contributed by atoms with Crippen LogP contribution < -0.4 is 5.32 Å². The summed E-state index contributed by atoms with van der Waals surface area (Å²) in [6.45, 7) is 3.17. The van der Waals surface area contributed by atoms with Crippen molar-refractivity contribution in [3.05, 3.63) is 34.6 Å². The summed E-state index contributed by atoms with van der Waals surface area (Å²) in [5.41, 5.74) is 0.749. The van der Waals surface area contributed by atoms with Gasteiger partial charge in [0.25, 0.3) is 0 Å². The van der Waals surface area contributed by atoms with Crippen molar-refractivity contribution < 1.29 is 4.39 Å². The lowest BCUT2D eigenvalue weighted by Crippen LogP contribution is -2.26. The Bertz CT molecular complexity index is 390. The second-order valence-corrected chi connectivity index (χ2v) is 5.66. The third-order valence-electron chi connectivity index (χ3n) is 3.51. The monoisotopic (exact) mass is 269 g/mol. The molecule has 0 aromatic heterocycles. The Kier molecular flexibility index (Phi) is 5.02. The molecule has 2 rings (SSSR count). The second kappa shape index (κ2) is 6.53. The van der Waals surface area contributed by atoms with Gasteiger partial charge in [0.15, 0.2) is 0 Å². The van der Waals surface area contributed by atoms with Crippen molar-refractivity contribution in [2.24, 2.45) is 5.92 Å². The van der Waals surface area contributed by atoms with Crippen molar-refractivity contribution in [1.29, 1.82) is 0 Å². The standard InChI is InChI=1S/C15H21ClFN/c1-2-4-11(10-18-13-7-8-13)9-12-5-3-6-14(16)15(12)17/h3,5-6,11,13,18H,2,4,7-10H2,1H3. The smallest absolute Gasteiger partial charge is 0.144 e. The molecule has 1 aromatic carbocycles. The minimum atomic E-state index is -0.244. The average Bonchev–Trinajstić information content (AvgIpc) is 3.16. The van der Waals surface area contributed by atoms with Gasteiger partial charge in [-0.3, -0.25) is 0 Å². The first-order chi connectivity index (χ1) is 8.70. The predicted octanol–water partition coefficient (Wildman–Crippen LogP) is 4.19. The SMILES string of the molecule is CCCC(CNC1CC1)Cc1cccc(Cl)c1F. The highest BCUT2D eigenvalue weighted by Gasteiger charge is 2.22. The first-order valence-electron chi connectivity index (χ1n) is 6.87. The average molecular weight is 270 g/mol. The fraction of sp³-hybridized carbons (Fsp3) is 0.600. The zero-order valence-electron chi connectivity index (χ0n) is 10.9. The summed E-state index contributed by atoms with van der Waals surface area (Å²) in [7, 11) is 0. The summed E-state index contributed by atoms with van der Waals surface area (Å²) in [4.78, 5) is 0. The third-order valence-corrected chi connectivity index (χ3v) is 3.80. The molecule has 1 aromatic rings. The highest BCUT2D eigenvalue weighted by Crippen LogP contribution is 2.23. The molecule has 0 heterocycles. The van der Waals surface area contributed by atoms with Crippen LogP contribution in [0.15, 0.2) is 18.2 Å². The predicted molar refractivity (Wildman–Crippen MR) is 74.5 cm³/mol. The minimum Gasteiger partial charge on any atom is -0.314 e. The van der Waals surface area contributed by atoms with Gasteiger partial charge in [-0.15, -0.1) is 0 Å². The second-order valence-electron chi connectivity index (χ2n) is 5.25. The van der Waals surface area contributed by atoms with E-state index in [4.69, 9.17) is 11.6 Å². The molecule has 0 aliphatic heterocycles. The van der Waals surface area contributed by atoms with Gasteiger partial charge in [-0.2, -0.15) is 0 Å². The van der Waals surface area contributed by atoms with Crippen LogP contribution in [0.2, 0.25) is 5.02 Å². The molecule has 0 spiro atoms. The fourth-order valence-electron chi connectivity index (χ4n) is 2.32. The molecule has 0 amide bonds. The number of hydrogen-bond donors (Lipinski definition) is 1. The van der Waals surface area contributed by atoms with Crippen molar-refractivity contribution in [2.75, 3.05) is 6.54 Å². The lowest BCUT2D eigenvalue weighted by Gasteiger charge is -2.17. The summed E-state index contributed by atoms with van der Waals surface area (Å²) in [5.74, 6) is 0.259. The van der Waals surface area contributed by atoms with Crippen LogP contribution in [0.4, 0.5) is 4.39 Å². The molecule has 0 bridgehead atoms. The van der Waals surface area contributed by atoms with Gasteiger partial charge >= 0.3 is 0 Å². The highest BCUT2D eigenvalue weighted by atomic mass is 35.5. The molecule has 1 N–H and O–H groups in total. The maximum Gasteiger partial charge on any atom is 0.144 e. The maximum absolute atomic E-state index is 13.9. The molecular weight excluding hydrogens is 249 g/mol. The van der Waals surface area contributed by atoms with Gasteiger partial charge in [0, 0.05) is 6.04 Å². The number of rotatable bonds is 7. The highest BCUT2D eigenvalue weighted by molar-refractivity contribution is 6.30. The molecule has 0 saturated heterocycles. The Morgan fingerprint density at radius 3 is 2.89 bits per heavy atom. The van der Waals surface area contributed by atoms with Gasteiger partial charge in [0.1, 0.15) is 5.82 Å². The number of halogens is 2. The van der Waals surface area contributed by atoms with Crippen molar-refractivity contribution in [3.8, 4) is 0 Å². The van der Waals surface area contributed by atoms with Gasteiger partial charge in [0.05, 0.1) is 5.02 Å². The van der Waals surface area contributed by atoms with Gasteiger partial charge in [-0.25, -0.2) is 4.39 Å². The zero-order chi connectivity index (χ0) is 13.0. The van der Waals surface area contributed by atoms with E-state index in [9.17, 15) is 4.39 Å². The topological polar surface area (TPSA) is 12.0 Å². The van der Waals surface area contributed by atoms with Crippen LogP contribution in [-0.4, -0.2) is 12.6 Å². The van der Waals surface area contributed by atoms with Crippen LogP contribution in [0.1, 0.15) is 38.2 Å². The molecule has 1 atom stereocenters. The van der Waals surface area contributed by atoms with Crippen molar-refractivity contribution >= 4 is 11.6 Å². The Morgan fingerprint density at radius 2 is 2.22 bits per heavy atom. The summed E-state index contributed by atoms with van der Waals surface area (Å²) >= 11 is 5.82. The van der Waals surface area contributed by atoms with E-state index in [0.29, 0.717) is 12.0 Å². The fourth-order valence-corrected chi connectivity index (χ4v) is 2.52. The van der Waals surface area contributed by atoms with E-state index in [1.807, 2.05) is 12.1 Å². The summed E-state index contributed by atoms with van der Waals surface area (Å²) in [6.07, 6.45) is 5.64. The number of hydrogen-bond acceptors (Lipinski definition) is 1. The number of nitrogens with one attached hydrogen (secondary N) is 1. The zero-order valence-corrected chi connectivity index (χ0v) is 11.6. The van der Waals surface area contributed by atoms with E-state index >= 15 is 0 Å². The quantitative estimate of drug-likeness (QED) is 0.783. The minimum absolute atomic E-state index is 0.234. The Balaban J connectivity index is 1.95. The van der Waals surface area contributed by atoms with Crippen LogP contribution in [0, 0.1) is 11.7 Å². The van der Waals surface area contributed by atoms with Gasteiger partial charge in [0.2, 0.25) is 0 Å². The first kappa shape index (κ1) is 13.8. The van der Waals surface area contributed by atoms with Crippen LogP contribution in [0.3, 0.4) is 0 Å². The summed E-state index contributed by atoms with van der Waals surface area (Å²) in [6, 6.07) is 6.00. The largest absolute Gasteiger partial charge is 0.314 e. The first-order valence-corrected chi connectivity index (χ1v) is 7.24. The van der Waals surface area contributed by atoms with Crippen molar-refractivity contribution in [3.63, 3.8) is 0 Å². The molecule has 1 nitrogen and oxygen atoms in total. The van der Waals surface area contributed by atoms with E-state index in [2.05, 4.69) is 12.2 Å². The molecule has 1 fully saturated rings. The lowest BCUT2D eigenvalue weighted by molar-refractivity contribution is 0.430. The van der Waals surface area contributed by atoms with Crippen LogP contribution >= 0.6 is 11.6 Å². The number of benzene rings is 1. The van der Waals surface area contributed by atoms with Crippen molar-refractivity contribution in [2.45, 2.75) is 45.1 Å². The third kappa shape index (κ3) is 3.96. The van der Waals surface area contributed by atoms with E-state index in [0.717, 1.165) is 31.4 Å². The Hall–Kier alpha value is -0.600. The maximum atomic E-state index is 13.9. The molecule has 1 unspecified atom stereocenters. The molecule has 100 valence electrons. The molecule has 3 heteroatoms. The normalized spacial score (nSPS) is 16.8. The molecule has 18 heavy (non-hydrogen) atoms. The van der Waals surface area contributed by atoms with Crippen LogP contribution in [-0.2, 0) is 6.42 Å². The lowest BCUT2D eigenvalue weighted by atomic mass is 9.94. The van der Waals surface area contributed by atoms with Crippen molar-refractivity contribution in [1.82, 2.24) is 5.32 Å². The molecule has 1 saturated carbocycles. The van der Waals surface area contributed by atoms with E-state index in [1.54, 1.807) is 6.07 Å². The molecule has 0 radical (unpaired) electrons. The molecule has 1 aliphatic carbocycles. The Morgan fingerprint density at radius 1 is 1.44 bits per heavy atom. The van der Waals surface area contributed by atoms with Crippen LogP contribution in [0.5, 0.6) is 0 Å². The summed E-state index contributed by atoms with van der Waals surface area (Å²) < 4.78 is 13.9.